The van der Waals surface area contributed by atoms with Crippen molar-refractivity contribution in [2.75, 3.05) is 24.9 Å². The van der Waals surface area contributed by atoms with Crippen molar-refractivity contribution in [3.8, 4) is 5.75 Å². The molecule has 0 radical (unpaired) electrons. The number of carbonyl (C=O) groups is 1. The predicted octanol–water partition coefficient (Wildman–Crippen LogP) is 4.73. The van der Waals surface area contributed by atoms with Gasteiger partial charge in [0.15, 0.2) is 0 Å². The number of nitrogens with one attached hydrogen (secondary N) is 1. The van der Waals surface area contributed by atoms with Gasteiger partial charge in [-0.1, -0.05) is 30.3 Å². The van der Waals surface area contributed by atoms with Gasteiger partial charge in [0.1, 0.15) is 11.6 Å². The Morgan fingerprint density at radius 2 is 1.74 bits per heavy atom. The monoisotopic (exact) mass is 482 g/mol. The summed E-state index contributed by atoms with van der Waals surface area (Å²) in [6.45, 7) is 1.23. The summed E-state index contributed by atoms with van der Waals surface area (Å²) in [7, 11) is -2.40. The average Bonchev–Trinajstić information content (AvgIpc) is 2.86. The fourth-order valence-corrected chi connectivity index (χ4v) is 5.27. The van der Waals surface area contributed by atoms with Crippen molar-refractivity contribution in [3.63, 3.8) is 0 Å². The van der Waals surface area contributed by atoms with Crippen molar-refractivity contribution in [2.24, 2.45) is 5.92 Å². The Bertz CT molecular complexity index is 1250. The Balaban J connectivity index is 1.39. The van der Waals surface area contributed by atoms with Gasteiger partial charge in [0.05, 0.1) is 17.7 Å². The molecule has 4 rings (SSSR count). The molecular formula is C26H27FN2O4S. The van der Waals surface area contributed by atoms with Crippen molar-refractivity contribution in [3.05, 3.63) is 89.7 Å². The van der Waals surface area contributed by atoms with E-state index in [2.05, 4.69) is 16.9 Å². The number of rotatable bonds is 7. The normalized spacial score (nSPS) is 14.6. The summed E-state index contributed by atoms with van der Waals surface area (Å²) in [6.07, 6.45) is 2.71. The number of amides is 1. The Morgan fingerprint density at radius 1 is 1.03 bits per heavy atom. The summed E-state index contributed by atoms with van der Waals surface area (Å²) in [5.41, 5.74) is 1.40. The number of methoxy groups -OCH3 is 1. The number of halogens is 1. The molecule has 0 aliphatic carbocycles. The van der Waals surface area contributed by atoms with Crippen LogP contribution in [0.25, 0.3) is 0 Å². The third kappa shape index (κ3) is 5.56. The van der Waals surface area contributed by atoms with E-state index < -0.39 is 15.8 Å². The zero-order chi connectivity index (χ0) is 24.1. The van der Waals surface area contributed by atoms with Crippen molar-refractivity contribution >= 4 is 21.6 Å². The van der Waals surface area contributed by atoms with E-state index in [0.717, 1.165) is 25.0 Å². The van der Waals surface area contributed by atoms with E-state index in [1.807, 2.05) is 12.1 Å². The van der Waals surface area contributed by atoms with E-state index in [9.17, 15) is 17.6 Å². The van der Waals surface area contributed by atoms with Crippen LogP contribution in [0.2, 0.25) is 0 Å². The van der Waals surface area contributed by atoms with Crippen LogP contribution >= 0.6 is 0 Å². The van der Waals surface area contributed by atoms with E-state index in [1.54, 1.807) is 24.1 Å². The van der Waals surface area contributed by atoms with Gasteiger partial charge in [-0.2, -0.15) is 0 Å². The number of carbonyl (C=O) groups excluding carboxylic acids is 1. The Hall–Kier alpha value is -3.39. The minimum Gasteiger partial charge on any atom is -0.497 e. The number of ether oxygens (including phenoxy) is 1. The van der Waals surface area contributed by atoms with Crippen LogP contribution in [0.3, 0.4) is 0 Å². The molecule has 0 unspecified atom stereocenters. The second-order valence-corrected chi connectivity index (χ2v) is 10.1. The molecule has 8 heteroatoms. The summed E-state index contributed by atoms with van der Waals surface area (Å²) in [6, 6.07) is 19.4. The molecule has 1 amide bonds. The standard InChI is InChI=1S/C26H27FN2O4S/c1-33-22-11-9-19(10-12-22)17-20-13-15-29(16-14-20)26(30)21-5-4-6-23(18-21)34(31,32)28-25-8-3-2-7-24(25)27/h2-12,18,20,28H,13-17H2,1H3. The van der Waals surface area contributed by atoms with Gasteiger partial charge >= 0.3 is 0 Å². The second kappa shape index (κ2) is 10.3. The van der Waals surface area contributed by atoms with Gasteiger partial charge in [-0.05, 0) is 73.2 Å². The molecule has 1 N–H and O–H groups in total. The van der Waals surface area contributed by atoms with Crippen LogP contribution in [0.15, 0.2) is 77.7 Å². The van der Waals surface area contributed by atoms with E-state index in [0.29, 0.717) is 24.6 Å². The van der Waals surface area contributed by atoms with Crippen LogP contribution < -0.4 is 9.46 Å². The van der Waals surface area contributed by atoms with Gasteiger partial charge in [-0.25, -0.2) is 12.8 Å². The first-order valence-corrected chi connectivity index (χ1v) is 12.6. The summed E-state index contributed by atoms with van der Waals surface area (Å²) in [5.74, 6) is 0.438. The first kappa shape index (κ1) is 23.8. The lowest BCUT2D eigenvalue weighted by Crippen LogP contribution is -2.39. The van der Waals surface area contributed by atoms with Gasteiger partial charge in [0.2, 0.25) is 0 Å². The highest BCUT2D eigenvalue weighted by molar-refractivity contribution is 7.92. The quantitative estimate of drug-likeness (QED) is 0.528. The summed E-state index contributed by atoms with van der Waals surface area (Å²) in [5, 5.41) is 0. The number of hydrogen-bond acceptors (Lipinski definition) is 4. The largest absolute Gasteiger partial charge is 0.497 e. The first-order chi connectivity index (χ1) is 16.4. The lowest BCUT2D eigenvalue weighted by atomic mass is 9.90. The summed E-state index contributed by atoms with van der Waals surface area (Å²) < 4.78 is 46.9. The number of benzene rings is 3. The van der Waals surface area contributed by atoms with Crippen LogP contribution in [0, 0.1) is 11.7 Å². The van der Waals surface area contributed by atoms with Crippen LogP contribution in [-0.4, -0.2) is 39.4 Å². The van der Waals surface area contributed by atoms with Gasteiger partial charge in [-0.3, -0.25) is 9.52 Å². The molecule has 1 saturated heterocycles. The van der Waals surface area contributed by atoms with Crippen molar-refractivity contribution in [2.45, 2.75) is 24.2 Å². The molecule has 34 heavy (non-hydrogen) atoms. The molecule has 1 fully saturated rings. The van der Waals surface area contributed by atoms with E-state index in [-0.39, 0.29) is 16.5 Å². The number of sulfonamides is 1. The van der Waals surface area contributed by atoms with Crippen LogP contribution in [0.1, 0.15) is 28.8 Å². The average molecular weight is 483 g/mol. The minimum atomic E-state index is -4.04. The van der Waals surface area contributed by atoms with Gasteiger partial charge in [-0.15, -0.1) is 0 Å². The minimum absolute atomic E-state index is 0.0870. The predicted molar refractivity (Wildman–Crippen MR) is 129 cm³/mol. The zero-order valence-electron chi connectivity index (χ0n) is 18.9. The number of nitrogens with zero attached hydrogens (tertiary/aromatic N) is 1. The highest BCUT2D eigenvalue weighted by Gasteiger charge is 2.25. The van der Waals surface area contributed by atoms with Gasteiger partial charge in [0, 0.05) is 18.7 Å². The molecule has 0 bridgehead atoms. The molecule has 178 valence electrons. The summed E-state index contributed by atoms with van der Waals surface area (Å²) in [4.78, 5) is 14.7. The fraction of sp³-hybridized carbons (Fsp3) is 0.269. The molecule has 1 aliphatic heterocycles. The molecule has 1 heterocycles. The fourth-order valence-electron chi connectivity index (χ4n) is 4.16. The SMILES string of the molecule is COc1ccc(CC2CCN(C(=O)c3cccc(S(=O)(=O)Nc4ccccc4F)c3)CC2)cc1. The Labute approximate surface area is 199 Å². The molecule has 0 aromatic heterocycles. The maximum absolute atomic E-state index is 13.9. The third-order valence-corrected chi connectivity index (χ3v) is 7.46. The van der Waals surface area contributed by atoms with Crippen LogP contribution in [-0.2, 0) is 16.4 Å². The van der Waals surface area contributed by atoms with Gasteiger partial charge < -0.3 is 9.64 Å². The van der Waals surface area contributed by atoms with E-state index in [4.69, 9.17) is 4.74 Å². The lowest BCUT2D eigenvalue weighted by molar-refractivity contribution is 0.0690. The van der Waals surface area contributed by atoms with Gasteiger partial charge in [0.25, 0.3) is 15.9 Å². The third-order valence-electron chi connectivity index (χ3n) is 6.09. The molecule has 3 aromatic carbocycles. The zero-order valence-corrected chi connectivity index (χ0v) is 19.7. The lowest BCUT2D eigenvalue weighted by Gasteiger charge is -2.32. The molecule has 3 aromatic rings. The number of para-hydroxylation sites is 1. The Morgan fingerprint density at radius 3 is 2.41 bits per heavy atom. The highest BCUT2D eigenvalue weighted by Crippen LogP contribution is 2.25. The molecule has 6 nitrogen and oxygen atoms in total. The molecule has 0 spiro atoms. The van der Waals surface area contributed by atoms with E-state index >= 15 is 0 Å². The smallest absolute Gasteiger partial charge is 0.262 e. The molecule has 1 aliphatic rings. The number of hydrogen-bond donors (Lipinski definition) is 1. The summed E-state index contributed by atoms with van der Waals surface area (Å²) >= 11 is 0. The van der Waals surface area contributed by atoms with Crippen molar-refractivity contribution < 1.29 is 22.3 Å². The molecular weight excluding hydrogens is 455 g/mol. The van der Waals surface area contributed by atoms with Crippen molar-refractivity contribution in [1.29, 1.82) is 0 Å². The van der Waals surface area contributed by atoms with E-state index in [1.165, 1.54) is 42.0 Å². The second-order valence-electron chi connectivity index (χ2n) is 8.40. The first-order valence-electron chi connectivity index (χ1n) is 11.2. The van der Waals surface area contributed by atoms with Crippen LogP contribution in [0.5, 0.6) is 5.75 Å². The maximum atomic E-state index is 13.9. The van der Waals surface area contributed by atoms with Crippen LogP contribution in [0.4, 0.5) is 10.1 Å². The topological polar surface area (TPSA) is 75.7 Å². The Kier molecular flexibility index (Phi) is 7.17. The number of piperidine rings is 1. The highest BCUT2D eigenvalue weighted by atomic mass is 32.2. The molecule has 0 atom stereocenters. The maximum Gasteiger partial charge on any atom is 0.262 e. The molecule has 0 saturated carbocycles. The number of anilines is 1. The number of likely N-dealkylation sites (tertiary alicyclic amines) is 1. The van der Waals surface area contributed by atoms with Crippen molar-refractivity contribution in [1.82, 2.24) is 4.90 Å².